The number of nitrogens with zero attached hydrogens (tertiary/aromatic N) is 1. The molecule has 0 amide bonds. The largest absolute Gasteiger partial charge is 1.00 e. The molecule has 4 aliphatic rings. The molecule has 92 valence electrons. The fourth-order valence-corrected chi connectivity index (χ4v) is 4.38. The molecule has 0 N–H and O–H groups in total. The van der Waals surface area contributed by atoms with E-state index in [1.807, 2.05) is 0 Å². The summed E-state index contributed by atoms with van der Waals surface area (Å²) in [5.41, 5.74) is 0. The van der Waals surface area contributed by atoms with Crippen molar-refractivity contribution >= 4 is 6.98 Å². The monoisotopic (exact) mass is 271 g/mol. The fourth-order valence-electron chi connectivity index (χ4n) is 4.38. The van der Waals surface area contributed by atoms with Gasteiger partial charge in [-0.1, -0.05) is 0 Å². The predicted octanol–water partition coefficient (Wildman–Crippen LogP) is -0.255. The summed E-state index contributed by atoms with van der Waals surface area (Å²) in [6, 6.07) is 0. The summed E-state index contributed by atoms with van der Waals surface area (Å²) in [5, 5.41) is 0. The molecule has 0 aromatic rings. The molecule has 6 heteroatoms. The zero-order chi connectivity index (χ0) is 11.3. The molecule has 2 unspecified atom stereocenters. The summed E-state index contributed by atoms with van der Waals surface area (Å²) in [7, 11) is 0. The van der Waals surface area contributed by atoms with Crippen LogP contribution in [0, 0.1) is 23.7 Å². The normalized spacial score (nSPS) is 41.1. The quantitative estimate of drug-likeness (QED) is 0.626. The Morgan fingerprint density at radius 1 is 0.882 bits per heavy atom. The minimum atomic E-state index is -4.63. The first-order chi connectivity index (χ1) is 7.53. The Bertz CT molecular complexity index is 258. The summed E-state index contributed by atoms with van der Waals surface area (Å²) in [6.07, 6.45) is 4.47. The van der Waals surface area contributed by atoms with Crippen molar-refractivity contribution in [2.75, 3.05) is 19.5 Å². The number of halogens is 3. The van der Waals surface area contributed by atoms with Gasteiger partial charge in [0.15, 0.2) is 0 Å². The second-order valence-electron chi connectivity index (χ2n) is 5.93. The van der Waals surface area contributed by atoms with Gasteiger partial charge in [-0.3, -0.25) is 0 Å². The third-order valence-corrected chi connectivity index (χ3v) is 4.98. The van der Waals surface area contributed by atoms with E-state index in [4.69, 9.17) is 0 Å². The van der Waals surface area contributed by atoms with Gasteiger partial charge in [-0.2, -0.15) is 0 Å². The third-order valence-electron chi connectivity index (χ3n) is 4.98. The maximum absolute atomic E-state index is 12.4. The molecule has 4 rings (SSSR count). The van der Waals surface area contributed by atoms with Gasteiger partial charge in [0, 0.05) is 0 Å². The molecular weight excluding hydrogens is 253 g/mol. The molecule has 17 heavy (non-hydrogen) atoms. The molecule has 2 atom stereocenters. The van der Waals surface area contributed by atoms with Crippen LogP contribution in [-0.2, 0) is 0 Å². The Balaban J connectivity index is 0.00000108. The zero-order valence-corrected chi connectivity index (χ0v) is 13.5. The number of hydrogen-bond donors (Lipinski definition) is 0. The Labute approximate surface area is 143 Å². The summed E-state index contributed by atoms with van der Waals surface area (Å²) in [5.74, 6) is 2.65. The SMILES string of the molecule is F[B-](F)(F)CN1CC2C3CCC(CC3)C2C1.[K+]. The van der Waals surface area contributed by atoms with Gasteiger partial charge in [-0.15, -0.1) is 0 Å². The van der Waals surface area contributed by atoms with Gasteiger partial charge in [0.05, 0.1) is 0 Å². The van der Waals surface area contributed by atoms with Crippen LogP contribution < -0.4 is 51.4 Å². The van der Waals surface area contributed by atoms with Crippen molar-refractivity contribution in [3.05, 3.63) is 0 Å². The average Bonchev–Trinajstić information content (AvgIpc) is 2.61. The fraction of sp³-hybridized carbons (Fsp3) is 1.00. The van der Waals surface area contributed by atoms with Crippen molar-refractivity contribution in [3.8, 4) is 0 Å². The average molecular weight is 271 g/mol. The van der Waals surface area contributed by atoms with Gasteiger partial charge >= 0.3 is 58.4 Å². The molecular formula is C11H18BF3KN. The molecule has 1 heterocycles. The van der Waals surface area contributed by atoms with Crippen LogP contribution in [0.25, 0.3) is 0 Å². The van der Waals surface area contributed by atoms with Crippen LogP contribution in [0.1, 0.15) is 25.7 Å². The minimum Gasteiger partial charge on any atom is -0.448 e. The van der Waals surface area contributed by atoms with Crippen LogP contribution in [0.4, 0.5) is 12.9 Å². The maximum Gasteiger partial charge on any atom is 1.00 e. The van der Waals surface area contributed by atoms with E-state index in [0.717, 1.165) is 11.8 Å². The first-order valence-electron chi connectivity index (χ1n) is 6.46. The minimum absolute atomic E-state index is 0. The van der Waals surface area contributed by atoms with Crippen molar-refractivity contribution < 1.29 is 64.3 Å². The first kappa shape index (κ1) is 14.9. The Morgan fingerprint density at radius 2 is 1.29 bits per heavy atom. The number of likely N-dealkylation sites (tertiary alicyclic amines) is 1. The Morgan fingerprint density at radius 3 is 1.65 bits per heavy atom. The molecule has 0 aromatic carbocycles. The summed E-state index contributed by atoms with van der Waals surface area (Å²) < 4.78 is 37.2. The summed E-state index contributed by atoms with van der Waals surface area (Å²) in [6.45, 7) is -3.20. The number of fused-ring (bicyclic) bond motifs is 2. The Hall–Kier alpha value is 1.45. The van der Waals surface area contributed by atoms with E-state index in [0.29, 0.717) is 24.9 Å². The van der Waals surface area contributed by atoms with Gasteiger partial charge in [0.1, 0.15) is 0 Å². The summed E-state index contributed by atoms with van der Waals surface area (Å²) in [4.78, 5) is 1.67. The van der Waals surface area contributed by atoms with Gasteiger partial charge in [-0.25, -0.2) is 0 Å². The number of hydrogen-bond acceptors (Lipinski definition) is 1. The maximum atomic E-state index is 12.4. The molecule has 3 aliphatic carbocycles. The van der Waals surface area contributed by atoms with E-state index >= 15 is 0 Å². The molecule has 1 nitrogen and oxygen atoms in total. The van der Waals surface area contributed by atoms with E-state index < -0.39 is 13.4 Å². The van der Waals surface area contributed by atoms with Crippen molar-refractivity contribution in [3.63, 3.8) is 0 Å². The van der Waals surface area contributed by atoms with Crippen LogP contribution in [-0.4, -0.2) is 31.4 Å². The topological polar surface area (TPSA) is 3.24 Å². The van der Waals surface area contributed by atoms with Gasteiger partial charge < -0.3 is 17.8 Å². The van der Waals surface area contributed by atoms with Crippen molar-refractivity contribution in [1.29, 1.82) is 0 Å². The molecule has 1 saturated heterocycles. The van der Waals surface area contributed by atoms with Crippen LogP contribution in [0.3, 0.4) is 0 Å². The predicted molar refractivity (Wildman–Crippen MR) is 57.9 cm³/mol. The van der Waals surface area contributed by atoms with Crippen LogP contribution in [0.2, 0.25) is 0 Å². The van der Waals surface area contributed by atoms with Gasteiger partial charge in [0.25, 0.3) is 0 Å². The van der Waals surface area contributed by atoms with Crippen LogP contribution in [0.5, 0.6) is 0 Å². The second kappa shape index (κ2) is 5.45. The molecule has 0 radical (unpaired) electrons. The number of rotatable bonds is 2. The van der Waals surface area contributed by atoms with Crippen molar-refractivity contribution in [1.82, 2.24) is 4.90 Å². The molecule has 0 aromatic heterocycles. The van der Waals surface area contributed by atoms with Crippen LogP contribution in [0.15, 0.2) is 0 Å². The third kappa shape index (κ3) is 3.14. The van der Waals surface area contributed by atoms with E-state index in [1.54, 1.807) is 4.90 Å². The first-order valence-corrected chi connectivity index (χ1v) is 6.46. The van der Waals surface area contributed by atoms with Crippen LogP contribution >= 0.6 is 0 Å². The smallest absolute Gasteiger partial charge is 0.448 e. The summed E-state index contributed by atoms with van der Waals surface area (Å²) >= 11 is 0. The van der Waals surface area contributed by atoms with E-state index in [-0.39, 0.29) is 51.4 Å². The van der Waals surface area contributed by atoms with Gasteiger partial charge in [-0.05, 0) is 68.9 Å². The van der Waals surface area contributed by atoms with E-state index in [2.05, 4.69) is 0 Å². The second-order valence-corrected chi connectivity index (χ2v) is 5.93. The van der Waals surface area contributed by atoms with E-state index in [9.17, 15) is 12.9 Å². The van der Waals surface area contributed by atoms with Gasteiger partial charge in [0.2, 0.25) is 0 Å². The van der Waals surface area contributed by atoms with E-state index in [1.165, 1.54) is 25.7 Å². The molecule has 2 bridgehead atoms. The molecule has 1 aliphatic heterocycles. The molecule has 0 spiro atoms. The van der Waals surface area contributed by atoms with Crippen molar-refractivity contribution in [2.45, 2.75) is 25.7 Å². The standard InChI is InChI=1S/C11H18BF3N.K/c13-12(14,15)7-16-5-10-8-1-2-9(4-3-8)11(10)6-16;/h8-11H,1-7H2;/q-1;+1. The molecule has 3 saturated carbocycles. The Kier molecular flexibility index (Phi) is 4.76. The van der Waals surface area contributed by atoms with Crippen molar-refractivity contribution in [2.24, 2.45) is 23.7 Å². The molecule has 4 fully saturated rings. The zero-order valence-electron chi connectivity index (χ0n) is 10.4.